The molecule has 1 aromatic heterocycles. The van der Waals surface area contributed by atoms with Gasteiger partial charge in [-0.3, -0.25) is 4.68 Å². The summed E-state index contributed by atoms with van der Waals surface area (Å²) in [5.74, 6) is 0. The average Bonchev–Trinajstić information content (AvgIpc) is 2.31. The predicted molar refractivity (Wildman–Crippen MR) is 46.5 cm³/mol. The molecule has 1 aliphatic heterocycles. The minimum atomic E-state index is -3.01. The van der Waals surface area contributed by atoms with Gasteiger partial charge in [0.1, 0.15) is 0 Å². The first-order valence-electron chi connectivity index (χ1n) is 3.93. The fourth-order valence-corrected chi connectivity index (χ4v) is 2.18. The van der Waals surface area contributed by atoms with Crippen molar-refractivity contribution in [1.29, 1.82) is 0 Å². The van der Waals surface area contributed by atoms with Crippen LogP contribution in [-0.2, 0) is 10.0 Å². The second-order valence-electron chi connectivity index (χ2n) is 3.15. The van der Waals surface area contributed by atoms with E-state index in [2.05, 4.69) is 11.2 Å². The Morgan fingerprint density at radius 1 is 1.54 bits per heavy atom. The first kappa shape index (κ1) is 8.71. The Morgan fingerprint density at radius 2 is 2.23 bits per heavy atom. The van der Waals surface area contributed by atoms with Crippen LogP contribution >= 0.6 is 0 Å². The van der Waals surface area contributed by atoms with E-state index in [9.17, 15) is 8.42 Å². The van der Waals surface area contributed by atoms with Gasteiger partial charge in [-0.15, -0.1) is 0 Å². The van der Waals surface area contributed by atoms with E-state index in [4.69, 9.17) is 0 Å². The molecule has 71 valence electrons. The van der Waals surface area contributed by atoms with Crippen molar-refractivity contribution in [3.05, 3.63) is 18.5 Å². The van der Waals surface area contributed by atoms with Gasteiger partial charge in [0, 0.05) is 25.4 Å². The molecule has 13 heavy (non-hydrogen) atoms. The summed E-state index contributed by atoms with van der Waals surface area (Å²) in [5.41, 5.74) is 0. The van der Waals surface area contributed by atoms with Gasteiger partial charge in [0.05, 0.1) is 18.5 Å². The van der Waals surface area contributed by atoms with Gasteiger partial charge in [0.2, 0.25) is 10.0 Å². The molecule has 0 amide bonds. The molecule has 0 atom stereocenters. The van der Waals surface area contributed by atoms with Crippen LogP contribution in [0.3, 0.4) is 0 Å². The molecule has 6 heteroatoms. The van der Waals surface area contributed by atoms with Crippen LogP contribution in [0.5, 0.6) is 0 Å². The molecular weight excluding hydrogens is 190 g/mol. The van der Waals surface area contributed by atoms with Gasteiger partial charge in [-0.1, -0.05) is 0 Å². The van der Waals surface area contributed by atoms with E-state index in [1.165, 1.54) is 10.6 Å². The topological polar surface area (TPSA) is 55.2 Å². The van der Waals surface area contributed by atoms with Crippen LogP contribution in [0.25, 0.3) is 0 Å². The maximum atomic E-state index is 11.0. The maximum Gasteiger partial charge on any atom is 0.211 e. The van der Waals surface area contributed by atoms with E-state index in [0.29, 0.717) is 13.1 Å². The highest BCUT2D eigenvalue weighted by Gasteiger charge is 2.34. The lowest BCUT2D eigenvalue weighted by Gasteiger charge is -2.36. The molecule has 1 fully saturated rings. The van der Waals surface area contributed by atoms with Crippen molar-refractivity contribution in [3.8, 4) is 0 Å². The number of hydrogen-bond donors (Lipinski definition) is 0. The molecule has 1 saturated heterocycles. The molecule has 1 aromatic rings. The Bertz CT molecular complexity index is 378. The van der Waals surface area contributed by atoms with Gasteiger partial charge in [-0.2, -0.15) is 9.40 Å². The zero-order valence-electron chi connectivity index (χ0n) is 7.21. The van der Waals surface area contributed by atoms with E-state index in [1.54, 1.807) is 17.1 Å². The van der Waals surface area contributed by atoms with Gasteiger partial charge in [-0.25, -0.2) is 8.42 Å². The fourth-order valence-electron chi connectivity index (χ4n) is 1.30. The van der Waals surface area contributed by atoms with Gasteiger partial charge < -0.3 is 0 Å². The summed E-state index contributed by atoms with van der Waals surface area (Å²) in [4.78, 5) is 0. The van der Waals surface area contributed by atoms with Crippen molar-refractivity contribution < 1.29 is 8.42 Å². The van der Waals surface area contributed by atoms with Crippen molar-refractivity contribution in [2.75, 3.05) is 19.3 Å². The molecule has 0 unspecified atom stereocenters. The normalized spacial score (nSPS) is 20.1. The second-order valence-corrected chi connectivity index (χ2v) is 5.14. The van der Waals surface area contributed by atoms with E-state index < -0.39 is 10.0 Å². The molecule has 2 rings (SSSR count). The van der Waals surface area contributed by atoms with Crippen molar-refractivity contribution in [1.82, 2.24) is 14.1 Å². The fraction of sp³-hybridized carbons (Fsp3) is 0.571. The maximum absolute atomic E-state index is 11.0. The largest absolute Gasteiger partial charge is 0.266 e. The van der Waals surface area contributed by atoms with Crippen molar-refractivity contribution in [2.24, 2.45) is 0 Å². The highest BCUT2D eigenvalue weighted by molar-refractivity contribution is 7.88. The van der Waals surface area contributed by atoms with Crippen LogP contribution < -0.4 is 0 Å². The van der Waals surface area contributed by atoms with Gasteiger partial charge in [0.15, 0.2) is 0 Å². The third-order valence-corrected chi connectivity index (χ3v) is 3.38. The molecule has 0 aromatic carbocycles. The van der Waals surface area contributed by atoms with Crippen LogP contribution in [0.15, 0.2) is 12.4 Å². The summed E-state index contributed by atoms with van der Waals surface area (Å²) in [6.45, 7) is 1.04. The number of hydrogen-bond acceptors (Lipinski definition) is 3. The summed E-state index contributed by atoms with van der Waals surface area (Å²) < 4.78 is 25.2. The van der Waals surface area contributed by atoms with Crippen molar-refractivity contribution in [3.63, 3.8) is 0 Å². The molecule has 0 aliphatic carbocycles. The number of sulfonamides is 1. The minimum absolute atomic E-state index is 0.181. The second kappa shape index (κ2) is 2.81. The average molecular weight is 200 g/mol. The van der Waals surface area contributed by atoms with Crippen molar-refractivity contribution in [2.45, 2.75) is 6.04 Å². The summed E-state index contributed by atoms with van der Waals surface area (Å²) in [6, 6.07) is 3.00. The SMILES string of the molecule is CS(=O)(=O)N1CC(n2c[c]cn2)C1. The molecule has 1 aliphatic rings. The molecule has 0 saturated carbocycles. The van der Waals surface area contributed by atoms with Crippen molar-refractivity contribution >= 4 is 10.0 Å². The zero-order valence-corrected chi connectivity index (χ0v) is 8.03. The number of aromatic nitrogens is 2. The quantitative estimate of drug-likeness (QED) is 0.646. The third kappa shape index (κ3) is 1.59. The van der Waals surface area contributed by atoms with Gasteiger partial charge in [0.25, 0.3) is 0 Å². The smallest absolute Gasteiger partial charge is 0.211 e. The molecule has 5 nitrogen and oxygen atoms in total. The standard InChI is InChI=1S/C7H10N3O2S/c1-13(11,12)9-5-7(6-9)10-4-2-3-8-10/h3-4,7H,5-6H2,1H3. The molecule has 1 radical (unpaired) electrons. The van der Waals surface area contributed by atoms with E-state index in [-0.39, 0.29) is 6.04 Å². The Balaban J connectivity index is 2.00. The van der Waals surface area contributed by atoms with Gasteiger partial charge >= 0.3 is 0 Å². The van der Waals surface area contributed by atoms with Crippen LogP contribution in [0.2, 0.25) is 0 Å². The van der Waals surface area contributed by atoms with Crippen LogP contribution in [0.1, 0.15) is 6.04 Å². The number of nitrogens with zero attached hydrogens (tertiary/aromatic N) is 3. The Kier molecular flexibility index (Phi) is 1.88. The summed E-state index contributed by atoms with van der Waals surface area (Å²) in [5, 5.41) is 3.99. The lowest BCUT2D eigenvalue weighted by molar-refractivity contribution is 0.192. The monoisotopic (exact) mass is 200 g/mol. The molecule has 0 spiro atoms. The summed E-state index contributed by atoms with van der Waals surface area (Å²) in [7, 11) is -3.01. The van der Waals surface area contributed by atoms with Gasteiger partial charge in [-0.05, 0) is 0 Å². The van der Waals surface area contributed by atoms with E-state index >= 15 is 0 Å². The lowest BCUT2D eigenvalue weighted by atomic mass is 10.2. The molecular formula is C7H10N3O2S. The first-order valence-corrected chi connectivity index (χ1v) is 5.77. The zero-order chi connectivity index (χ0) is 9.47. The Hall–Kier alpha value is -0.880. The van der Waals surface area contributed by atoms with Crippen LogP contribution in [-0.4, -0.2) is 41.8 Å². The summed E-state index contributed by atoms with van der Waals surface area (Å²) in [6.07, 6.45) is 4.52. The highest BCUT2D eigenvalue weighted by Crippen LogP contribution is 2.22. The molecule has 2 heterocycles. The van der Waals surface area contributed by atoms with Crippen LogP contribution in [0.4, 0.5) is 0 Å². The van der Waals surface area contributed by atoms with E-state index in [0.717, 1.165) is 0 Å². The molecule has 0 N–H and O–H groups in total. The number of rotatable bonds is 2. The van der Waals surface area contributed by atoms with E-state index in [1.807, 2.05) is 0 Å². The minimum Gasteiger partial charge on any atom is -0.266 e. The predicted octanol–water partition coefficient (Wildman–Crippen LogP) is -0.500. The Labute approximate surface area is 77.0 Å². The molecule has 0 bridgehead atoms. The Morgan fingerprint density at radius 3 is 2.69 bits per heavy atom. The first-order chi connectivity index (χ1) is 6.07. The van der Waals surface area contributed by atoms with Crippen LogP contribution in [0, 0.1) is 6.07 Å². The summed E-state index contributed by atoms with van der Waals surface area (Å²) >= 11 is 0. The third-order valence-electron chi connectivity index (χ3n) is 2.14. The highest BCUT2D eigenvalue weighted by atomic mass is 32.2. The lowest BCUT2D eigenvalue weighted by Crippen LogP contribution is -2.50.